The van der Waals surface area contributed by atoms with Crippen LogP contribution in [0.25, 0.3) is 10.9 Å². The summed E-state index contributed by atoms with van der Waals surface area (Å²) in [6, 6.07) is 11.2. The number of ether oxygens (including phenoxy) is 1. The lowest BCUT2D eigenvalue weighted by Crippen LogP contribution is -2.19. The number of fused-ring (bicyclic) bond motifs is 3. The van der Waals surface area contributed by atoms with Crippen LogP contribution in [-0.2, 0) is 22.6 Å². The van der Waals surface area contributed by atoms with Gasteiger partial charge in [-0.1, -0.05) is 12.1 Å². The van der Waals surface area contributed by atoms with Crippen LogP contribution in [0.5, 0.6) is 5.75 Å². The molecular weight excluding hydrogens is 346 g/mol. The summed E-state index contributed by atoms with van der Waals surface area (Å²) in [5.41, 5.74) is 9.32. The summed E-state index contributed by atoms with van der Waals surface area (Å²) in [5.74, 6) is -1.37. The lowest BCUT2D eigenvalue weighted by atomic mass is 9.99. The molecule has 1 aliphatic carbocycles. The van der Waals surface area contributed by atoms with Gasteiger partial charge in [0.1, 0.15) is 5.75 Å². The molecule has 3 N–H and O–H groups in total. The maximum atomic E-state index is 12.0. The maximum absolute atomic E-state index is 12.0. The van der Waals surface area contributed by atoms with E-state index in [1.165, 1.54) is 0 Å². The molecular formula is C20H19N3O4. The topological polar surface area (TPSA) is 107 Å². The summed E-state index contributed by atoms with van der Waals surface area (Å²) in [6.45, 7) is 0.112. The van der Waals surface area contributed by atoms with Gasteiger partial charge in [-0.05, 0) is 42.7 Å². The van der Waals surface area contributed by atoms with Gasteiger partial charge in [0.05, 0.1) is 23.7 Å². The third kappa shape index (κ3) is 3.01. The highest BCUT2D eigenvalue weighted by atomic mass is 16.5. The number of carboxylic acids is 1. The Morgan fingerprint density at radius 3 is 2.81 bits per heavy atom. The zero-order valence-corrected chi connectivity index (χ0v) is 14.6. The highest BCUT2D eigenvalue weighted by molar-refractivity contribution is 5.97. The van der Waals surface area contributed by atoms with Crippen LogP contribution < -0.4 is 10.5 Å². The summed E-state index contributed by atoms with van der Waals surface area (Å²) in [5, 5.41) is 9.74. The summed E-state index contributed by atoms with van der Waals surface area (Å²) < 4.78 is 7.65. The number of nitrogens with two attached hydrogens (primary N) is 1. The monoisotopic (exact) mass is 365 g/mol. The Morgan fingerprint density at radius 2 is 2.11 bits per heavy atom. The first-order valence-electron chi connectivity index (χ1n) is 8.74. The highest BCUT2D eigenvalue weighted by Crippen LogP contribution is 2.44. The minimum absolute atomic E-state index is 0.376. The van der Waals surface area contributed by atoms with Crippen LogP contribution in [0.2, 0.25) is 0 Å². The number of amides is 1. The Morgan fingerprint density at radius 1 is 1.26 bits per heavy atom. The van der Waals surface area contributed by atoms with Crippen LogP contribution in [0.3, 0.4) is 0 Å². The number of nitrogens with zero attached hydrogens (tertiary/aromatic N) is 2. The average Bonchev–Trinajstić information content (AvgIpc) is 3.21. The average molecular weight is 365 g/mol. The van der Waals surface area contributed by atoms with Crippen molar-refractivity contribution >= 4 is 22.8 Å². The number of carbonyl (C=O) groups excluding carboxylic acids is 1. The van der Waals surface area contributed by atoms with E-state index >= 15 is 0 Å². The van der Waals surface area contributed by atoms with Crippen molar-refractivity contribution in [3.63, 3.8) is 0 Å². The molecule has 0 radical (unpaired) electrons. The number of pyridine rings is 1. The SMILES string of the molecule is NC(=O)C1CCc2c1c1c(OCC(=O)O)cccc1n2Cc1ccccn1. The van der Waals surface area contributed by atoms with E-state index in [0.29, 0.717) is 18.7 Å². The molecule has 0 fully saturated rings. The lowest BCUT2D eigenvalue weighted by Gasteiger charge is -2.11. The molecule has 4 rings (SSSR count). The van der Waals surface area contributed by atoms with Crippen LogP contribution in [0.4, 0.5) is 0 Å². The van der Waals surface area contributed by atoms with Crippen molar-refractivity contribution < 1.29 is 19.4 Å². The number of carbonyl (C=O) groups is 2. The molecule has 0 saturated heterocycles. The zero-order chi connectivity index (χ0) is 19.0. The summed E-state index contributed by atoms with van der Waals surface area (Å²) >= 11 is 0. The number of hydrogen-bond acceptors (Lipinski definition) is 4. The summed E-state index contributed by atoms with van der Waals surface area (Å²) in [4.78, 5) is 27.4. The van der Waals surface area contributed by atoms with Crippen molar-refractivity contribution in [1.29, 1.82) is 0 Å². The molecule has 2 heterocycles. The second kappa shape index (κ2) is 6.75. The van der Waals surface area contributed by atoms with E-state index in [2.05, 4.69) is 9.55 Å². The molecule has 1 aliphatic rings. The first-order chi connectivity index (χ1) is 13.1. The van der Waals surface area contributed by atoms with Gasteiger partial charge in [-0.25, -0.2) is 4.79 Å². The lowest BCUT2D eigenvalue weighted by molar-refractivity contribution is -0.139. The highest BCUT2D eigenvalue weighted by Gasteiger charge is 2.34. The van der Waals surface area contributed by atoms with E-state index in [1.807, 2.05) is 30.3 Å². The molecule has 0 saturated carbocycles. The molecule has 0 aliphatic heterocycles. The Labute approximate surface area is 155 Å². The quantitative estimate of drug-likeness (QED) is 0.695. The molecule has 27 heavy (non-hydrogen) atoms. The predicted molar refractivity (Wildman–Crippen MR) is 98.7 cm³/mol. The largest absolute Gasteiger partial charge is 0.481 e. The number of primary amides is 1. The Balaban J connectivity index is 1.90. The van der Waals surface area contributed by atoms with Crippen LogP contribution >= 0.6 is 0 Å². The number of hydrogen-bond donors (Lipinski definition) is 2. The minimum Gasteiger partial charge on any atom is -0.481 e. The molecule has 2 aromatic heterocycles. The van der Waals surface area contributed by atoms with Crippen molar-refractivity contribution in [3.05, 3.63) is 59.5 Å². The number of aromatic nitrogens is 2. The van der Waals surface area contributed by atoms with E-state index in [0.717, 1.165) is 34.3 Å². The van der Waals surface area contributed by atoms with Gasteiger partial charge in [-0.15, -0.1) is 0 Å². The fraction of sp³-hybridized carbons (Fsp3) is 0.250. The van der Waals surface area contributed by atoms with Crippen LogP contribution in [0.1, 0.15) is 29.3 Å². The number of benzene rings is 1. The van der Waals surface area contributed by atoms with Gasteiger partial charge < -0.3 is 20.1 Å². The van der Waals surface area contributed by atoms with E-state index in [4.69, 9.17) is 15.6 Å². The third-order valence-corrected chi connectivity index (χ3v) is 4.96. The Bertz CT molecular complexity index is 1030. The molecule has 1 unspecified atom stereocenters. The molecule has 1 amide bonds. The second-order valence-corrected chi connectivity index (χ2v) is 6.59. The smallest absolute Gasteiger partial charge is 0.341 e. The Hall–Kier alpha value is -3.35. The molecule has 1 atom stereocenters. The maximum Gasteiger partial charge on any atom is 0.341 e. The van der Waals surface area contributed by atoms with Crippen LogP contribution in [0.15, 0.2) is 42.6 Å². The first-order valence-corrected chi connectivity index (χ1v) is 8.74. The molecule has 1 aromatic carbocycles. The molecule has 0 bridgehead atoms. The molecule has 7 nitrogen and oxygen atoms in total. The molecule has 3 aromatic rings. The Kier molecular flexibility index (Phi) is 4.27. The van der Waals surface area contributed by atoms with Crippen LogP contribution in [0, 0.1) is 0 Å². The van der Waals surface area contributed by atoms with E-state index in [1.54, 1.807) is 12.3 Å². The van der Waals surface area contributed by atoms with E-state index < -0.39 is 18.5 Å². The fourth-order valence-electron chi connectivity index (χ4n) is 3.90. The van der Waals surface area contributed by atoms with Gasteiger partial charge in [0, 0.05) is 17.3 Å². The van der Waals surface area contributed by atoms with Gasteiger partial charge in [0.15, 0.2) is 6.61 Å². The summed E-state index contributed by atoms with van der Waals surface area (Å²) in [7, 11) is 0. The van der Waals surface area contributed by atoms with Gasteiger partial charge in [-0.2, -0.15) is 0 Å². The summed E-state index contributed by atoms with van der Waals surface area (Å²) in [6.07, 6.45) is 3.11. The van der Waals surface area contributed by atoms with E-state index in [-0.39, 0.29) is 5.91 Å². The molecule has 0 spiro atoms. The zero-order valence-electron chi connectivity index (χ0n) is 14.6. The number of carboxylic acid groups (broad SMARTS) is 1. The van der Waals surface area contributed by atoms with Crippen molar-refractivity contribution in [2.75, 3.05) is 6.61 Å². The first kappa shape index (κ1) is 17.1. The minimum atomic E-state index is -1.05. The number of rotatable bonds is 6. The van der Waals surface area contributed by atoms with Crippen LogP contribution in [-0.4, -0.2) is 33.1 Å². The van der Waals surface area contributed by atoms with Gasteiger partial charge in [-0.3, -0.25) is 9.78 Å². The van der Waals surface area contributed by atoms with Gasteiger partial charge in [0.25, 0.3) is 0 Å². The van der Waals surface area contributed by atoms with Crippen molar-refractivity contribution in [3.8, 4) is 5.75 Å². The fourth-order valence-corrected chi connectivity index (χ4v) is 3.90. The van der Waals surface area contributed by atoms with E-state index in [9.17, 15) is 9.59 Å². The molecule has 138 valence electrons. The normalized spacial score (nSPS) is 15.6. The third-order valence-electron chi connectivity index (χ3n) is 4.96. The van der Waals surface area contributed by atoms with Gasteiger partial charge >= 0.3 is 5.97 Å². The van der Waals surface area contributed by atoms with Gasteiger partial charge in [0.2, 0.25) is 5.91 Å². The second-order valence-electron chi connectivity index (χ2n) is 6.59. The number of aliphatic carboxylic acids is 1. The standard InChI is InChI=1S/C20H19N3O4/c21-20(26)13-7-8-15-18(13)19-14(5-3-6-16(19)27-11-17(24)25)23(15)10-12-4-1-2-9-22-12/h1-6,9,13H,7-8,10-11H2,(H2,21,26)(H,24,25). The predicted octanol–water partition coefficient (Wildman–Crippen LogP) is 2.06. The van der Waals surface area contributed by atoms with Crippen molar-refractivity contribution in [2.24, 2.45) is 5.73 Å². The van der Waals surface area contributed by atoms with Crippen molar-refractivity contribution in [1.82, 2.24) is 9.55 Å². The van der Waals surface area contributed by atoms with Crippen molar-refractivity contribution in [2.45, 2.75) is 25.3 Å². The molecule has 7 heteroatoms.